The van der Waals surface area contributed by atoms with Crippen molar-refractivity contribution in [3.05, 3.63) is 36.5 Å². The molecular weight excluding hydrogens is 907 g/mol. The second kappa shape index (κ2) is 50.2. The Bertz CT molecular complexity index is 1260. The molecule has 1 aliphatic rings. The highest BCUT2D eigenvalue weighted by molar-refractivity contribution is 5.80. The zero-order valence-electron chi connectivity index (χ0n) is 46.4. The van der Waals surface area contributed by atoms with E-state index < -0.39 is 74.2 Å². The van der Waals surface area contributed by atoms with Gasteiger partial charge in [0.25, 0.3) is 0 Å². The third-order valence-corrected chi connectivity index (χ3v) is 14.7. The largest absolute Gasteiger partial charge is 0.394 e. The van der Waals surface area contributed by atoms with E-state index in [9.17, 15) is 40.5 Å². The number of allylic oxidation sites excluding steroid dienone is 6. The molecule has 72 heavy (non-hydrogen) atoms. The van der Waals surface area contributed by atoms with Gasteiger partial charge >= 0.3 is 0 Å². The van der Waals surface area contributed by atoms with Crippen molar-refractivity contribution >= 4 is 5.91 Å². The molecule has 0 saturated carbocycles. The number of unbranched alkanes of at least 4 members (excludes halogenated alkanes) is 34. The van der Waals surface area contributed by atoms with Crippen LogP contribution in [0.5, 0.6) is 0 Å². The van der Waals surface area contributed by atoms with Gasteiger partial charge in [0, 0.05) is 0 Å². The quantitative estimate of drug-likeness (QED) is 0.0215. The minimum Gasteiger partial charge on any atom is -0.394 e. The van der Waals surface area contributed by atoms with Crippen molar-refractivity contribution in [2.75, 3.05) is 13.2 Å². The summed E-state index contributed by atoms with van der Waals surface area (Å²) in [6.07, 6.45) is 50.8. The van der Waals surface area contributed by atoms with E-state index in [1.807, 2.05) is 0 Å². The standard InChI is InChI=1S/C61H115NO10/c1-3-5-7-9-11-13-15-17-19-20-21-22-23-24-25-26-27-28-29-30-31-32-33-35-36-38-40-42-44-46-48-53(64)56(66)52(51-71-61-59(69)58(68)57(67)55(50-63)72-61)62-60(70)54(65)49-47-45-43-41-39-37-34-18-16-14-12-10-8-6-4-2/h29-30,33,35,40,42,52-59,61,63-69H,3-28,31-32,34,36-39,41,43-51H2,1-2H3,(H,62,70)/b30-29+,35-33+,42-40+. The molecule has 1 rings (SSSR count). The number of aliphatic hydroxyl groups excluding tert-OH is 7. The number of amides is 1. The molecule has 11 heteroatoms. The van der Waals surface area contributed by atoms with Gasteiger partial charge in [0.15, 0.2) is 6.29 Å². The lowest BCUT2D eigenvalue weighted by atomic mass is 9.98. The van der Waals surface area contributed by atoms with E-state index in [2.05, 4.69) is 55.6 Å². The van der Waals surface area contributed by atoms with Crippen LogP contribution in [0.1, 0.15) is 277 Å². The number of aliphatic hydroxyl groups is 7. The Hall–Kier alpha value is -1.67. The molecule has 1 fully saturated rings. The SMILES string of the molecule is CCCCCCCCCCCCCCCCCCC/C=C/CC/C=C/CC/C=C/CCCC(O)C(O)C(COC1OC(CO)C(O)C(O)C1O)NC(=O)C(O)CCCCCCCCCCCCCCCCC. The maximum Gasteiger partial charge on any atom is 0.249 e. The van der Waals surface area contributed by atoms with Gasteiger partial charge in [-0.05, 0) is 64.2 Å². The normalized spacial score (nSPS) is 20.3. The van der Waals surface area contributed by atoms with Crippen LogP contribution in [0.15, 0.2) is 36.5 Å². The molecule has 11 nitrogen and oxygen atoms in total. The lowest BCUT2D eigenvalue weighted by Crippen LogP contribution is -2.60. The first kappa shape index (κ1) is 68.3. The molecule has 0 radical (unpaired) electrons. The fourth-order valence-corrected chi connectivity index (χ4v) is 9.71. The second-order valence-corrected chi connectivity index (χ2v) is 21.4. The van der Waals surface area contributed by atoms with Crippen molar-refractivity contribution in [1.29, 1.82) is 0 Å². The first-order chi connectivity index (χ1) is 35.2. The number of rotatable bonds is 52. The number of ether oxygens (including phenoxy) is 2. The molecule has 1 amide bonds. The van der Waals surface area contributed by atoms with E-state index in [4.69, 9.17) is 9.47 Å². The molecule has 0 aliphatic carbocycles. The van der Waals surface area contributed by atoms with Crippen molar-refractivity contribution in [2.24, 2.45) is 0 Å². The van der Waals surface area contributed by atoms with Crippen molar-refractivity contribution in [2.45, 2.75) is 332 Å². The maximum atomic E-state index is 13.2. The molecule has 1 heterocycles. The van der Waals surface area contributed by atoms with E-state index in [0.29, 0.717) is 19.3 Å². The van der Waals surface area contributed by atoms with E-state index in [0.717, 1.165) is 44.9 Å². The monoisotopic (exact) mass is 1020 g/mol. The van der Waals surface area contributed by atoms with Gasteiger partial charge in [-0.25, -0.2) is 0 Å². The number of nitrogens with one attached hydrogen (secondary N) is 1. The van der Waals surface area contributed by atoms with Crippen LogP contribution in [0.25, 0.3) is 0 Å². The molecule has 0 bridgehead atoms. The predicted octanol–water partition coefficient (Wildman–Crippen LogP) is 13.1. The molecule has 0 aromatic rings. The van der Waals surface area contributed by atoms with Crippen LogP contribution in [0.2, 0.25) is 0 Å². The van der Waals surface area contributed by atoms with Crippen LogP contribution in [0, 0.1) is 0 Å². The Morgan fingerprint density at radius 1 is 0.472 bits per heavy atom. The summed E-state index contributed by atoms with van der Waals surface area (Å²) in [5, 5.41) is 76.1. The summed E-state index contributed by atoms with van der Waals surface area (Å²) >= 11 is 0. The van der Waals surface area contributed by atoms with Gasteiger partial charge in [0.05, 0.1) is 25.4 Å². The molecule has 1 aliphatic heterocycles. The first-order valence-electron chi connectivity index (χ1n) is 30.4. The number of carbonyl (C=O) groups excluding carboxylic acids is 1. The van der Waals surface area contributed by atoms with Gasteiger partial charge in [-0.15, -0.1) is 0 Å². The third-order valence-electron chi connectivity index (χ3n) is 14.7. The predicted molar refractivity (Wildman–Crippen MR) is 298 cm³/mol. The van der Waals surface area contributed by atoms with Crippen LogP contribution in [0.3, 0.4) is 0 Å². The van der Waals surface area contributed by atoms with Crippen LogP contribution < -0.4 is 5.32 Å². The lowest BCUT2D eigenvalue weighted by molar-refractivity contribution is -0.303. The molecule has 0 aromatic heterocycles. The van der Waals surface area contributed by atoms with Gasteiger partial charge in [0.2, 0.25) is 5.91 Å². The Kier molecular flexibility index (Phi) is 47.6. The van der Waals surface area contributed by atoms with E-state index in [-0.39, 0.29) is 12.8 Å². The Morgan fingerprint density at radius 3 is 1.24 bits per heavy atom. The lowest BCUT2D eigenvalue weighted by Gasteiger charge is -2.40. The Balaban J connectivity index is 2.29. The summed E-state index contributed by atoms with van der Waals surface area (Å²) in [4.78, 5) is 13.2. The zero-order valence-corrected chi connectivity index (χ0v) is 46.4. The summed E-state index contributed by atoms with van der Waals surface area (Å²) in [5.74, 6) is -0.710. The smallest absolute Gasteiger partial charge is 0.249 e. The Morgan fingerprint density at radius 2 is 0.833 bits per heavy atom. The molecule has 0 aromatic carbocycles. The molecule has 424 valence electrons. The van der Waals surface area contributed by atoms with E-state index >= 15 is 0 Å². The Labute approximate surface area is 441 Å². The van der Waals surface area contributed by atoms with Crippen molar-refractivity contribution < 1.29 is 50.0 Å². The molecule has 9 unspecified atom stereocenters. The third kappa shape index (κ3) is 38.0. The average molecular weight is 1020 g/mol. The van der Waals surface area contributed by atoms with Gasteiger partial charge in [-0.3, -0.25) is 4.79 Å². The minimum atomic E-state index is -1.67. The van der Waals surface area contributed by atoms with Crippen LogP contribution >= 0.6 is 0 Å². The topological polar surface area (TPSA) is 189 Å². The molecule has 9 atom stereocenters. The number of hydrogen-bond acceptors (Lipinski definition) is 10. The first-order valence-corrected chi connectivity index (χ1v) is 30.4. The fraction of sp³-hybridized carbons (Fsp3) is 0.885. The van der Waals surface area contributed by atoms with Crippen molar-refractivity contribution in [3.8, 4) is 0 Å². The highest BCUT2D eigenvalue weighted by atomic mass is 16.7. The molecular formula is C61H115NO10. The molecule has 8 N–H and O–H groups in total. The molecule has 1 saturated heterocycles. The van der Waals surface area contributed by atoms with Crippen LogP contribution in [0.4, 0.5) is 0 Å². The van der Waals surface area contributed by atoms with Crippen molar-refractivity contribution in [3.63, 3.8) is 0 Å². The number of hydrogen-bond donors (Lipinski definition) is 8. The average Bonchev–Trinajstić information content (AvgIpc) is 3.38. The van der Waals surface area contributed by atoms with Gasteiger partial charge < -0.3 is 50.5 Å². The summed E-state index contributed by atoms with van der Waals surface area (Å²) in [6, 6.07) is -1.19. The fourth-order valence-electron chi connectivity index (χ4n) is 9.71. The highest BCUT2D eigenvalue weighted by Gasteiger charge is 2.44. The van der Waals surface area contributed by atoms with E-state index in [1.165, 1.54) is 186 Å². The summed E-state index contributed by atoms with van der Waals surface area (Å²) in [7, 11) is 0. The summed E-state index contributed by atoms with van der Waals surface area (Å²) < 4.78 is 11.1. The van der Waals surface area contributed by atoms with Crippen LogP contribution in [-0.4, -0.2) is 110 Å². The maximum absolute atomic E-state index is 13.2. The minimum absolute atomic E-state index is 0.243. The zero-order chi connectivity index (χ0) is 52.5. The van der Waals surface area contributed by atoms with Crippen LogP contribution in [-0.2, 0) is 14.3 Å². The van der Waals surface area contributed by atoms with E-state index in [1.54, 1.807) is 0 Å². The summed E-state index contributed by atoms with van der Waals surface area (Å²) in [6.45, 7) is 3.46. The van der Waals surface area contributed by atoms with Crippen molar-refractivity contribution in [1.82, 2.24) is 5.32 Å². The highest BCUT2D eigenvalue weighted by Crippen LogP contribution is 2.23. The molecule has 0 spiro atoms. The van der Waals surface area contributed by atoms with Gasteiger partial charge in [-0.1, -0.05) is 249 Å². The summed E-state index contributed by atoms with van der Waals surface area (Å²) in [5.41, 5.74) is 0. The second-order valence-electron chi connectivity index (χ2n) is 21.4. The van der Waals surface area contributed by atoms with Gasteiger partial charge in [0.1, 0.15) is 36.6 Å². The van der Waals surface area contributed by atoms with Gasteiger partial charge in [-0.2, -0.15) is 0 Å². The number of carbonyl (C=O) groups is 1.